The zero-order valence-electron chi connectivity index (χ0n) is 21.1. The van der Waals surface area contributed by atoms with E-state index in [1.54, 1.807) is 26.4 Å². The van der Waals surface area contributed by atoms with Crippen molar-refractivity contribution in [2.45, 2.75) is 69.2 Å². The summed E-state index contributed by atoms with van der Waals surface area (Å²) in [6.07, 6.45) is 10.0. The minimum absolute atomic E-state index is 0.370. The van der Waals surface area contributed by atoms with Gasteiger partial charge >= 0.3 is 0 Å². The Morgan fingerprint density at radius 2 is 1.79 bits per heavy atom. The molecule has 0 spiro atoms. The van der Waals surface area contributed by atoms with Gasteiger partial charge in [0, 0.05) is 31.0 Å². The summed E-state index contributed by atoms with van der Waals surface area (Å²) < 4.78 is 34.6. The molecule has 188 valence electrons. The largest absolute Gasteiger partial charge is 0.493 e. The summed E-state index contributed by atoms with van der Waals surface area (Å²) in [6, 6.07) is 11.9. The number of sulfone groups is 1. The van der Waals surface area contributed by atoms with Crippen LogP contribution < -0.4 is 14.9 Å². The van der Waals surface area contributed by atoms with Gasteiger partial charge in [0.2, 0.25) is 0 Å². The molecule has 0 heterocycles. The van der Waals surface area contributed by atoms with E-state index in [1.807, 2.05) is 18.2 Å². The number of unbranched alkanes of at least 4 members (excludes halogenated alkanes) is 3. The van der Waals surface area contributed by atoms with E-state index in [0.717, 1.165) is 55.8 Å². The van der Waals surface area contributed by atoms with Crippen molar-refractivity contribution in [2.75, 3.05) is 33.6 Å². The highest BCUT2D eigenvalue weighted by Gasteiger charge is 2.27. The quantitative estimate of drug-likeness (QED) is 0.328. The van der Waals surface area contributed by atoms with E-state index >= 15 is 0 Å². The number of hydrogen-bond acceptors (Lipinski definition) is 6. The summed E-state index contributed by atoms with van der Waals surface area (Å²) in [5, 5.41) is 2.44. The summed E-state index contributed by atoms with van der Waals surface area (Å²) in [4.78, 5) is 0.370. The van der Waals surface area contributed by atoms with Crippen LogP contribution in [-0.2, 0) is 29.1 Å². The van der Waals surface area contributed by atoms with Crippen LogP contribution in [-0.4, -0.2) is 53.0 Å². The molecule has 1 N–H and O–H groups in total. The standard InChI is InChI=1S/C27H40N2O4S/c1-5-6-7-8-19-29(28-18-17-21-9-13-24(14-10-21)34(4,30)31)23-12-15-25-22(20-23)11-16-26(32-2)27(25)33-3/h9-11,13-14,16,23,28H,5-8,12,15,17-20H2,1-4H3. The summed E-state index contributed by atoms with van der Waals surface area (Å²) in [5.74, 6) is 1.68. The third-order valence-corrected chi connectivity index (χ3v) is 7.83. The molecule has 6 nitrogen and oxygen atoms in total. The van der Waals surface area contributed by atoms with Crippen LogP contribution >= 0.6 is 0 Å². The molecule has 0 aromatic heterocycles. The van der Waals surface area contributed by atoms with E-state index < -0.39 is 9.84 Å². The van der Waals surface area contributed by atoms with Crippen molar-refractivity contribution < 1.29 is 17.9 Å². The molecule has 1 aliphatic carbocycles. The first-order valence-corrected chi connectivity index (χ1v) is 14.3. The lowest BCUT2D eigenvalue weighted by molar-refractivity contribution is 0.109. The van der Waals surface area contributed by atoms with Crippen molar-refractivity contribution in [1.82, 2.24) is 10.4 Å². The molecule has 0 saturated heterocycles. The minimum Gasteiger partial charge on any atom is -0.493 e. The summed E-state index contributed by atoms with van der Waals surface area (Å²) >= 11 is 0. The monoisotopic (exact) mass is 488 g/mol. The lowest BCUT2D eigenvalue weighted by atomic mass is 9.87. The second-order valence-electron chi connectivity index (χ2n) is 9.16. The van der Waals surface area contributed by atoms with Gasteiger partial charge in [0.1, 0.15) is 0 Å². The van der Waals surface area contributed by atoms with Gasteiger partial charge in [-0.05, 0) is 61.4 Å². The van der Waals surface area contributed by atoms with Gasteiger partial charge in [0.15, 0.2) is 21.3 Å². The summed E-state index contributed by atoms with van der Waals surface area (Å²) in [7, 11) is 0.246. The minimum atomic E-state index is -3.16. The normalized spacial score (nSPS) is 15.9. The van der Waals surface area contributed by atoms with Crippen molar-refractivity contribution in [3.05, 3.63) is 53.1 Å². The van der Waals surface area contributed by atoms with Gasteiger partial charge in [-0.15, -0.1) is 0 Å². The fourth-order valence-corrected chi connectivity index (χ4v) is 5.41. The van der Waals surface area contributed by atoms with Crippen molar-refractivity contribution in [1.29, 1.82) is 0 Å². The molecule has 7 heteroatoms. The number of rotatable bonds is 13. The number of nitrogens with zero attached hydrogens (tertiary/aromatic N) is 1. The van der Waals surface area contributed by atoms with E-state index in [2.05, 4.69) is 23.4 Å². The topological polar surface area (TPSA) is 67.9 Å². The zero-order valence-corrected chi connectivity index (χ0v) is 21.9. The lowest BCUT2D eigenvalue weighted by Gasteiger charge is -2.36. The van der Waals surface area contributed by atoms with Gasteiger partial charge < -0.3 is 9.47 Å². The van der Waals surface area contributed by atoms with Gasteiger partial charge in [-0.2, -0.15) is 0 Å². The van der Waals surface area contributed by atoms with Crippen molar-refractivity contribution >= 4 is 9.84 Å². The molecule has 0 bridgehead atoms. The van der Waals surface area contributed by atoms with E-state index in [1.165, 1.54) is 43.1 Å². The number of hydrazine groups is 1. The van der Waals surface area contributed by atoms with Gasteiger partial charge in [0.25, 0.3) is 0 Å². The third kappa shape index (κ3) is 6.96. The van der Waals surface area contributed by atoms with Crippen LogP contribution in [0.3, 0.4) is 0 Å². The molecular weight excluding hydrogens is 448 g/mol. The molecule has 0 radical (unpaired) electrons. The first kappa shape index (κ1) is 26.5. The number of fused-ring (bicyclic) bond motifs is 1. The second-order valence-corrected chi connectivity index (χ2v) is 11.2. The number of ether oxygens (including phenoxy) is 2. The molecule has 3 rings (SSSR count). The second kappa shape index (κ2) is 12.6. The molecule has 1 unspecified atom stereocenters. The summed E-state index contributed by atoms with van der Waals surface area (Å²) in [5.41, 5.74) is 7.45. The molecule has 2 aromatic carbocycles. The Bertz CT molecular complexity index is 1020. The maximum atomic E-state index is 11.7. The zero-order chi connectivity index (χ0) is 24.6. The van der Waals surface area contributed by atoms with Crippen molar-refractivity contribution in [2.24, 2.45) is 0 Å². The van der Waals surface area contributed by atoms with Crippen LogP contribution in [0.4, 0.5) is 0 Å². The fourth-order valence-electron chi connectivity index (χ4n) is 4.78. The van der Waals surface area contributed by atoms with E-state index in [-0.39, 0.29) is 0 Å². The van der Waals surface area contributed by atoms with Crippen LogP contribution in [0.1, 0.15) is 55.7 Å². The van der Waals surface area contributed by atoms with Crippen LogP contribution in [0.25, 0.3) is 0 Å². The average Bonchev–Trinajstić information content (AvgIpc) is 2.84. The highest BCUT2D eigenvalue weighted by atomic mass is 32.2. The highest BCUT2D eigenvalue weighted by molar-refractivity contribution is 7.90. The van der Waals surface area contributed by atoms with Gasteiger partial charge in [-0.3, -0.25) is 5.43 Å². The van der Waals surface area contributed by atoms with Gasteiger partial charge in [0.05, 0.1) is 19.1 Å². The van der Waals surface area contributed by atoms with Crippen LogP contribution in [0.2, 0.25) is 0 Å². The Hall–Kier alpha value is -2.09. The molecule has 0 amide bonds. The average molecular weight is 489 g/mol. The maximum absolute atomic E-state index is 11.7. The Kier molecular flexibility index (Phi) is 9.80. The highest BCUT2D eigenvalue weighted by Crippen LogP contribution is 2.38. The van der Waals surface area contributed by atoms with Gasteiger partial charge in [-0.1, -0.05) is 44.4 Å². The number of hydrogen-bond donors (Lipinski definition) is 1. The Balaban J connectivity index is 1.65. The van der Waals surface area contributed by atoms with Crippen LogP contribution in [0.5, 0.6) is 11.5 Å². The predicted molar refractivity (Wildman–Crippen MR) is 137 cm³/mol. The van der Waals surface area contributed by atoms with Crippen molar-refractivity contribution in [3.8, 4) is 11.5 Å². The fraction of sp³-hybridized carbons (Fsp3) is 0.556. The number of methoxy groups -OCH3 is 2. The SMILES string of the molecule is CCCCCCN(NCCc1ccc(S(C)(=O)=O)cc1)C1CCc2c(ccc(OC)c2OC)C1. The molecule has 1 atom stereocenters. The first-order valence-electron chi connectivity index (χ1n) is 12.4. The van der Waals surface area contributed by atoms with Crippen LogP contribution in [0, 0.1) is 0 Å². The van der Waals surface area contributed by atoms with Crippen molar-refractivity contribution in [3.63, 3.8) is 0 Å². The molecular formula is C27H40N2O4S. The Morgan fingerprint density at radius 1 is 1.03 bits per heavy atom. The Labute approximate surface area is 205 Å². The van der Waals surface area contributed by atoms with Gasteiger partial charge in [-0.25, -0.2) is 13.4 Å². The predicted octanol–water partition coefficient (Wildman–Crippen LogP) is 4.59. The molecule has 0 aliphatic heterocycles. The van der Waals surface area contributed by atoms with E-state index in [0.29, 0.717) is 10.9 Å². The molecule has 2 aromatic rings. The molecule has 0 saturated carbocycles. The molecule has 34 heavy (non-hydrogen) atoms. The number of nitrogens with one attached hydrogen (secondary N) is 1. The van der Waals surface area contributed by atoms with Crippen LogP contribution in [0.15, 0.2) is 41.3 Å². The number of benzene rings is 2. The summed E-state index contributed by atoms with van der Waals surface area (Å²) in [6.45, 7) is 4.09. The smallest absolute Gasteiger partial charge is 0.175 e. The lowest BCUT2D eigenvalue weighted by Crippen LogP contribution is -2.49. The third-order valence-electron chi connectivity index (χ3n) is 6.70. The first-order chi connectivity index (χ1) is 16.4. The molecule has 0 fully saturated rings. The Morgan fingerprint density at radius 3 is 2.44 bits per heavy atom. The molecule has 1 aliphatic rings. The van der Waals surface area contributed by atoms with E-state index in [9.17, 15) is 8.42 Å². The maximum Gasteiger partial charge on any atom is 0.175 e. The van der Waals surface area contributed by atoms with E-state index in [4.69, 9.17) is 9.47 Å².